The molecule has 0 saturated heterocycles. The van der Waals surface area contributed by atoms with Gasteiger partial charge in [0, 0.05) is 12.7 Å². The Hall–Kier alpha value is -3.04. The molecule has 10 heteroatoms. The number of amides is 2. The smallest absolute Gasteiger partial charge is 0.253 e. The van der Waals surface area contributed by atoms with Crippen molar-refractivity contribution in [3.05, 3.63) is 64.9 Å². The number of nitrogens with zero attached hydrogens (tertiary/aromatic N) is 3. The maximum Gasteiger partial charge on any atom is 0.253 e. The van der Waals surface area contributed by atoms with E-state index < -0.39 is 0 Å². The van der Waals surface area contributed by atoms with Gasteiger partial charge in [0.2, 0.25) is 5.91 Å². The van der Waals surface area contributed by atoms with E-state index in [-0.39, 0.29) is 29.5 Å². The predicted octanol–water partition coefficient (Wildman–Crippen LogP) is 4.73. The molecule has 0 aliphatic carbocycles. The van der Waals surface area contributed by atoms with Crippen LogP contribution < -0.4 is 15.4 Å². The molecule has 0 aliphatic heterocycles. The van der Waals surface area contributed by atoms with E-state index in [1.54, 1.807) is 41.0 Å². The average molecular weight is 502 g/mol. The van der Waals surface area contributed by atoms with Crippen molar-refractivity contribution in [3.8, 4) is 5.75 Å². The van der Waals surface area contributed by atoms with Crippen LogP contribution in [0.4, 0.5) is 5.69 Å². The molecular weight excluding hydrogens is 474 g/mol. The zero-order valence-corrected chi connectivity index (χ0v) is 21.1. The summed E-state index contributed by atoms with van der Waals surface area (Å²) in [7, 11) is 1.82. The van der Waals surface area contributed by atoms with Gasteiger partial charge in [0.15, 0.2) is 11.0 Å². The Morgan fingerprint density at radius 1 is 1.12 bits per heavy atom. The fraction of sp³-hybridized carbons (Fsp3) is 0.333. The lowest BCUT2D eigenvalue weighted by molar-refractivity contribution is -0.113. The topological polar surface area (TPSA) is 98.1 Å². The van der Waals surface area contributed by atoms with Crippen molar-refractivity contribution in [1.29, 1.82) is 0 Å². The van der Waals surface area contributed by atoms with Gasteiger partial charge in [0.25, 0.3) is 5.91 Å². The lowest BCUT2D eigenvalue weighted by atomic mass is 10.0. The Kier molecular flexibility index (Phi) is 8.95. The van der Waals surface area contributed by atoms with E-state index in [0.29, 0.717) is 33.9 Å². The van der Waals surface area contributed by atoms with Crippen molar-refractivity contribution >= 4 is 40.9 Å². The van der Waals surface area contributed by atoms with Gasteiger partial charge in [0.1, 0.15) is 5.75 Å². The van der Waals surface area contributed by atoms with Crippen LogP contribution in [0.3, 0.4) is 0 Å². The summed E-state index contributed by atoms with van der Waals surface area (Å²) in [5.41, 5.74) is 1.09. The van der Waals surface area contributed by atoms with Gasteiger partial charge >= 0.3 is 0 Å². The fourth-order valence-electron chi connectivity index (χ4n) is 3.24. The maximum absolute atomic E-state index is 12.8. The Morgan fingerprint density at radius 2 is 1.82 bits per heavy atom. The first-order valence-electron chi connectivity index (χ1n) is 10.9. The molecule has 34 heavy (non-hydrogen) atoms. The number of carbonyl (C=O) groups excluding carboxylic acids is 2. The minimum absolute atomic E-state index is 0.0511. The van der Waals surface area contributed by atoms with Crippen molar-refractivity contribution in [3.63, 3.8) is 0 Å². The first-order chi connectivity index (χ1) is 16.3. The minimum Gasteiger partial charge on any atom is -0.494 e. The quantitative estimate of drug-likeness (QED) is 0.390. The Balaban J connectivity index is 1.63. The summed E-state index contributed by atoms with van der Waals surface area (Å²) in [6, 6.07) is 13.7. The predicted molar refractivity (Wildman–Crippen MR) is 134 cm³/mol. The monoisotopic (exact) mass is 501 g/mol. The van der Waals surface area contributed by atoms with Crippen LogP contribution >= 0.6 is 23.4 Å². The van der Waals surface area contributed by atoms with Crippen LogP contribution in [0.25, 0.3) is 0 Å². The molecule has 2 aromatic carbocycles. The second kappa shape index (κ2) is 11.9. The first kappa shape index (κ1) is 25.6. The minimum atomic E-state index is -0.381. The highest BCUT2D eigenvalue weighted by molar-refractivity contribution is 7.99. The number of hydrogen-bond donors (Lipinski definition) is 2. The van der Waals surface area contributed by atoms with Crippen molar-refractivity contribution < 1.29 is 14.3 Å². The first-order valence-corrected chi connectivity index (χ1v) is 12.3. The highest BCUT2D eigenvalue weighted by Gasteiger charge is 2.26. The summed E-state index contributed by atoms with van der Waals surface area (Å²) < 4.78 is 7.21. The number of ether oxygens (including phenoxy) is 1. The summed E-state index contributed by atoms with van der Waals surface area (Å²) in [6.07, 6.45) is 0. The van der Waals surface area contributed by atoms with Gasteiger partial charge in [-0.1, -0.05) is 49.3 Å². The SMILES string of the molecule is CCOc1ccc(NC(=O)CSc2nnc([C@H](NC(=O)c3ccccc3Cl)C(C)C)n2C)cc1. The summed E-state index contributed by atoms with van der Waals surface area (Å²) in [5.74, 6) is 1.13. The number of hydrogen-bond acceptors (Lipinski definition) is 6. The second-order valence-electron chi connectivity index (χ2n) is 7.87. The molecule has 0 aliphatic rings. The molecule has 1 atom stereocenters. The number of rotatable bonds is 10. The van der Waals surface area contributed by atoms with Crippen LogP contribution in [0.5, 0.6) is 5.75 Å². The number of nitrogens with one attached hydrogen (secondary N) is 2. The summed E-state index contributed by atoms with van der Waals surface area (Å²) in [6.45, 7) is 6.48. The Morgan fingerprint density at radius 3 is 2.47 bits per heavy atom. The zero-order valence-electron chi connectivity index (χ0n) is 19.5. The molecule has 0 bridgehead atoms. The van der Waals surface area contributed by atoms with Crippen molar-refractivity contribution in [2.45, 2.75) is 32.0 Å². The molecule has 1 heterocycles. The molecule has 0 saturated carbocycles. The van der Waals surface area contributed by atoms with Crippen LogP contribution in [0.1, 0.15) is 43.0 Å². The fourth-order valence-corrected chi connectivity index (χ4v) is 4.18. The van der Waals surface area contributed by atoms with Crippen LogP contribution in [-0.2, 0) is 11.8 Å². The number of halogens is 1. The lowest BCUT2D eigenvalue weighted by Crippen LogP contribution is -2.33. The Bertz CT molecular complexity index is 1130. The molecule has 0 fully saturated rings. The van der Waals surface area contributed by atoms with Crippen molar-refractivity contribution in [2.75, 3.05) is 17.7 Å². The highest BCUT2D eigenvalue weighted by Crippen LogP contribution is 2.25. The van der Waals surface area contributed by atoms with Gasteiger partial charge < -0.3 is 19.9 Å². The number of carbonyl (C=O) groups is 2. The Labute approximate surface area is 208 Å². The number of benzene rings is 2. The average Bonchev–Trinajstić information content (AvgIpc) is 3.17. The van der Waals surface area contributed by atoms with E-state index in [2.05, 4.69) is 20.8 Å². The van der Waals surface area contributed by atoms with Gasteiger partial charge in [-0.15, -0.1) is 10.2 Å². The molecule has 0 unspecified atom stereocenters. The van der Waals surface area contributed by atoms with Crippen LogP contribution in [0.15, 0.2) is 53.7 Å². The number of thioether (sulfide) groups is 1. The molecule has 2 N–H and O–H groups in total. The molecule has 0 radical (unpaired) electrons. The van der Waals surface area contributed by atoms with Crippen LogP contribution in [0, 0.1) is 5.92 Å². The van der Waals surface area contributed by atoms with Gasteiger partial charge in [0.05, 0.1) is 29.0 Å². The third-order valence-electron chi connectivity index (χ3n) is 5.00. The van der Waals surface area contributed by atoms with E-state index in [9.17, 15) is 9.59 Å². The summed E-state index contributed by atoms with van der Waals surface area (Å²) in [5, 5.41) is 15.4. The molecule has 3 rings (SSSR count). The van der Waals surface area contributed by atoms with E-state index in [1.165, 1.54) is 11.8 Å². The standard InChI is InChI=1S/C24H28ClN5O3S/c1-5-33-17-12-10-16(11-13-17)26-20(31)14-34-24-29-28-22(30(24)4)21(15(2)3)27-23(32)18-8-6-7-9-19(18)25/h6-13,15,21H,5,14H2,1-4H3,(H,26,31)(H,27,32)/t21-/m1/s1. The molecule has 0 spiro atoms. The third-order valence-corrected chi connectivity index (χ3v) is 6.35. The van der Waals surface area contributed by atoms with Crippen LogP contribution in [0.2, 0.25) is 5.02 Å². The molecule has 8 nitrogen and oxygen atoms in total. The molecular formula is C24H28ClN5O3S. The third kappa shape index (κ3) is 6.51. The second-order valence-corrected chi connectivity index (χ2v) is 9.22. The molecule has 2 amide bonds. The highest BCUT2D eigenvalue weighted by atomic mass is 35.5. The van der Waals surface area contributed by atoms with Gasteiger partial charge in [-0.2, -0.15) is 0 Å². The number of anilines is 1. The van der Waals surface area contributed by atoms with Crippen LogP contribution in [-0.4, -0.2) is 38.9 Å². The summed E-state index contributed by atoms with van der Waals surface area (Å²) in [4.78, 5) is 25.2. The van der Waals surface area contributed by atoms with E-state index in [4.69, 9.17) is 16.3 Å². The van der Waals surface area contributed by atoms with Gasteiger partial charge in [-0.05, 0) is 49.2 Å². The van der Waals surface area contributed by atoms with E-state index >= 15 is 0 Å². The van der Waals surface area contributed by atoms with Crippen molar-refractivity contribution in [1.82, 2.24) is 20.1 Å². The normalized spacial score (nSPS) is 11.8. The van der Waals surface area contributed by atoms with E-state index in [0.717, 1.165) is 5.75 Å². The maximum atomic E-state index is 12.8. The van der Waals surface area contributed by atoms with Gasteiger partial charge in [-0.3, -0.25) is 9.59 Å². The lowest BCUT2D eigenvalue weighted by Gasteiger charge is -2.22. The van der Waals surface area contributed by atoms with Gasteiger partial charge in [-0.25, -0.2) is 0 Å². The molecule has 180 valence electrons. The molecule has 1 aromatic heterocycles. The van der Waals surface area contributed by atoms with E-state index in [1.807, 2.05) is 40.0 Å². The summed E-state index contributed by atoms with van der Waals surface area (Å²) >= 11 is 7.44. The number of aromatic nitrogens is 3. The zero-order chi connectivity index (χ0) is 24.7. The largest absolute Gasteiger partial charge is 0.494 e. The molecule has 3 aromatic rings. The van der Waals surface area contributed by atoms with Crippen molar-refractivity contribution in [2.24, 2.45) is 13.0 Å².